The second-order valence-electron chi connectivity index (χ2n) is 4.91. The first-order valence-electron chi connectivity index (χ1n) is 7.76. The quantitative estimate of drug-likeness (QED) is 0.516. The van der Waals surface area contributed by atoms with Gasteiger partial charge in [0.15, 0.2) is 0 Å². The van der Waals surface area contributed by atoms with Gasteiger partial charge in [0, 0.05) is 9.75 Å². The third-order valence-electron chi connectivity index (χ3n) is 3.36. The van der Waals surface area contributed by atoms with Crippen molar-refractivity contribution in [3.8, 4) is 19.5 Å². The Hall–Kier alpha value is -1.96. The van der Waals surface area contributed by atoms with Crippen LogP contribution in [0, 0.1) is 0 Å². The lowest BCUT2D eigenvalue weighted by Crippen LogP contribution is -2.13. The van der Waals surface area contributed by atoms with Gasteiger partial charge in [-0.05, 0) is 36.7 Å². The van der Waals surface area contributed by atoms with E-state index in [-0.39, 0.29) is 13.2 Å². The van der Waals surface area contributed by atoms with Crippen LogP contribution in [0.2, 0.25) is 0 Å². The van der Waals surface area contributed by atoms with Gasteiger partial charge in [-0.3, -0.25) is 0 Å². The van der Waals surface area contributed by atoms with Gasteiger partial charge in [-0.15, -0.1) is 34.0 Å². The third-order valence-corrected chi connectivity index (χ3v) is 6.65. The predicted octanol–water partition coefficient (Wildman–Crippen LogP) is 5.56. The fourth-order valence-electron chi connectivity index (χ4n) is 2.39. The van der Waals surface area contributed by atoms with Gasteiger partial charge in [0.05, 0.1) is 34.1 Å². The summed E-state index contributed by atoms with van der Waals surface area (Å²) in [6.07, 6.45) is 0. The van der Waals surface area contributed by atoms with E-state index in [4.69, 9.17) is 9.47 Å². The SMILES string of the molecule is CCOC(=O)c1c(-c2cccs2)sc(-c2cccs2)c1C(=O)OCC. The van der Waals surface area contributed by atoms with Crippen LogP contribution in [0.4, 0.5) is 0 Å². The van der Waals surface area contributed by atoms with Crippen LogP contribution in [0.25, 0.3) is 19.5 Å². The molecule has 0 fully saturated rings. The predicted molar refractivity (Wildman–Crippen MR) is 103 cm³/mol. The van der Waals surface area contributed by atoms with Gasteiger partial charge >= 0.3 is 11.9 Å². The van der Waals surface area contributed by atoms with Crippen LogP contribution in [-0.2, 0) is 9.47 Å². The molecule has 3 aromatic heterocycles. The minimum absolute atomic E-state index is 0.245. The number of hydrogen-bond donors (Lipinski definition) is 0. The lowest BCUT2D eigenvalue weighted by Gasteiger charge is -2.07. The number of carbonyl (C=O) groups excluding carboxylic acids is 2. The van der Waals surface area contributed by atoms with Crippen molar-refractivity contribution in [1.82, 2.24) is 0 Å². The van der Waals surface area contributed by atoms with Crippen LogP contribution in [-0.4, -0.2) is 25.2 Å². The van der Waals surface area contributed by atoms with Crippen LogP contribution in [0.5, 0.6) is 0 Å². The van der Waals surface area contributed by atoms with Crippen molar-refractivity contribution in [3.05, 3.63) is 46.2 Å². The molecule has 3 heterocycles. The molecule has 0 unspecified atom stereocenters. The van der Waals surface area contributed by atoms with E-state index >= 15 is 0 Å². The van der Waals surface area contributed by atoms with E-state index in [1.54, 1.807) is 13.8 Å². The van der Waals surface area contributed by atoms with E-state index in [0.29, 0.717) is 11.1 Å². The van der Waals surface area contributed by atoms with Gasteiger partial charge in [0.25, 0.3) is 0 Å². The van der Waals surface area contributed by atoms with Crippen LogP contribution in [0.3, 0.4) is 0 Å². The molecule has 25 heavy (non-hydrogen) atoms. The fourth-order valence-corrected chi connectivity index (χ4v) is 5.38. The molecule has 7 heteroatoms. The summed E-state index contributed by atoms with van der Waals surface area (Å²) in [5.41, 5.74) is 0.604. The zero-order valence-electron chi connectivity index (χ0n) is 13.7. The molecule has 0 aromatic carbocycles. The molecule has 0 radical (unpaired) electrons. The van der Waals surface area contributed by atoms with Crippen LogP contribution < -0.4 is 0 Å². The number of thiophene rings is 3. The molecule has 0 amide bonds. The summed E-state index contributed by atoms with van der Waals surface area (Å²) < 4.78 is 10.5. The van der Waals surface area contributed by atoms with Crippen LogP contribution in [0.1, 0.15) is 34.6 Å². The molecule has 0 aliphatic carbocycles. The Labute approximate surface area is 157 Å². The minimum Gasteiger partial charge on any atom is -0.462 e. The topological polar surface area (TPSA) is 52.6 Å². The van der Waals surface area contributed by atoms with E-state index in [9.17, 15) is 9.59 Å². The lowest BCUT2D eigenvalue weighted by atomic mass is 10.1. The van der Waals surface area contributed by atoms with Crippen molar-refractivity contribution in [1.29, 1.82) is 0 Å². The highest BCUT2D eigenvalue weighted by Gasteiger charge is 2.31. The highest BCUT2D eigenvalue weighted by molar-refractivity contribution is 7.26. The number of hydrogen-bond acceptors (Lipinski definition) is 7. The summed E-state index contributed by atoms with van der Waals surface area (Å²) in [7, 11) is 0. The molecule has 0 N–H and O–H groups in total. The maximum absolute atomic E-state index is 12.7. The summed E-state index contributed by atoms with van der Waals surface area (Å²) in [6.45, 7) is 3.99. The van der Waals surface area contributed by atoms with E-state index in [1.807, 2.05) is 35.0 Å². The summed E-state index contributed by atoms with van der Waals surface area (Å²) in [5.74, 6) is -0.985. The fraction of sp³-hybridized carbons (Fsp3) is 0.222. The van der Waals surface area contributed by atoms with Gasteiger partial charge in [-0.1, -0.05) is 12.1 Å². The minimum atomic E-state index is -0.493. The molecular weight excluding hydrogens is 376 g/mol. The Bertz CT molecular complexity index is 790. The molecule has 0 aliphatic rings. The number of ether oxygens (including phenoxy) is 2. The number of esters is 2. The molecule has 0 atom stereocenters. The van der Waals surface area contributed by atoms with E-state index < -0.39 is 11.9 Å². The Morgan fingerprint density at radius 3 is 1.60 bits per heavy atom. The third kappa shape index (κ3) is 3.53. The molecule has 0 saturated carbocycles. The summed E-state index contributed by atoms with van der Waals surface area (Å²) >= 11 is 4.48. The van der Waals surface area contributed by atoms with E-state index in [2.05, 4.69) is 0 Å². The standard InChI is InChI=1S/C18H16O4S3/c1-3-21-17(19)13-14(18(20)22-4-2)16(12-8-6-10-24-12)25-15(13)11-7-5-9-23-11/h5-10H,3-4H2,1-2H3. The lowest BCUT2D eigenvalue weighted by molar-refractivity contribution is 0.0481. The molecule has 0 saturated heterocycles. The largest absolute Gasteiger partial charge is 0.462 e. The molecule has 3 rings (SSSR count). The van der Waals surface area contributed by atoms with Crippen LogP contribution in [0.15, 0.2) is 35.0 Å². The normalized spacial score (nSPS) is 10.6. The first-order valence-corrected chi connectivity index (χ1v) is 10.3. The summed E-state index contributed by atoms with van der Waals surface area (Å²) in [6, 6.07) is 7.71. The maximum atomic E-state index is 12.7. The first kappa shape index (κ1) is 17.8. The van der Waals surface area contributed by atoms with Crippen molar-refractivity contribution in [2.45, 2.75) is 13.8 Å². The second kappa shape index (κ2) is 7.95. The smallest absolute Gasteiger partial charge is 0.340 e. The molecular formula is C18H16O4S3. The maximum Gasteiger partial charge on any atom is 0.340 e. The number of carbonyl (C=O) groups is 2. The second-order valence-corrected chi connectivity index (χ2v) is 7.82. The van der Waals surface area contributed by atoms with Gasteiger partial charge in [0.1, 0.15) is 0 Å². The van der Waals surface area contributed by atoms with Crippen molar-refractivity contribution in [3.63, 3.8) is 0 Å². The van der Waals surface area contributed by atoms with Gasteiger partial charge in [0.2, 0.25) is 0 Å². The molecule has 0 aliphatic heterocycles. The summed E-state index contributed by atoms with van der Waals surface area (Å²) in [5, 5.41) is 3.89. The van der Waals surface area contributed by atoms with E-state index in [1.165, 1.54) is 34.0 Å². The average Bonchev–Trinajstić information content (AvgIpc) is 3.33. The molecule has 0 spiro atoms. The van der Waals surface area contributed by atoms with Crippen molar-refractivity contribution in [2.24, 2.45) is 0 Å². The van der Waals surface area contributed by atoms with Gasteiger partial charge in [-0.2, -0.15) is 0 Å². The average molecular weight is 393 g/mol. The highest BCUT2D eigenvalue weighted by atomic mass is 32.1. The van der Waals surface area contributed by atoms with Crippen molar-refractivity contribution < 1.29 is 19.1 Å². The molecule has 0 bridgehead atoms. The zero-order valence-corrected chi connectivity index (χ0v) is 16.2. The van der Waals surface area contributed by atoms with Gasteiger partial charge < -0.3 is 9.47 Å². The molecule has 4 nitrogen and oxygen atoms in total. The molecule has 130 valence electrons. The van der Waals surface area contributed by atoms with Gasteiger partial charge in [-0.25, -0.2) is 9.59 Å². The Morgan fingerprint density at radius 2 is 1.28 bits per heavy atom. The van der Waals surface area contributed by atoms with E-state index in [0.717, 1.165) is 19.5 Å². The highest BCUT2D eigenvalue weighted by Crippen LogP contribution is 2.45. The number of rotatable bonds is 6. The van der Waals surface area contributed by atoms with Crippen molar-refractivity contribution >= 4 is 45.9 Å². The first-order chi connectivity index (χ1) is 12.2. The monoisotopic (exact) mass is 392 g/mol. The van der Waals surface area contributed by atoms with Crippen LogP contribution >= 0.6 is 34.0 Å². The molecule has 3 aromatic rings. The summed E-state index contributed by atoms with van der Waals surface area (Å²) in [4.78, 5) is 28.7. The zero-order chi connectivity index (χ0) is 17.8. The van der Waals surface area contributed by atoms with Crippen molar-refractivity contribution in [2.75, 3.05) is 13.2 Å². The Balaban J connectivity index is 2.27. The Kier molecular flexibility index (Phi) is 5.67. The Morgan fingerprint density at radius 1 is 0.840 bits per heavy atom.